The van der Waals surface area contributed by atoms with E-state index in [9.17, 15) is 19.2 Å². The lowest BCUT2D eigenvalue weighted by molar-refractivity contribution is -0.122. The Morgan fingerprint density at radius 3 is 2.84 bits per heavy atom. The number of rotatable bonds is 4. The van der Waals surface area contributed by atoms with Crippen molar-refractivity contribution in [2.45, 2.75) is 34.8 Å². The van der Waals surface area contributed by atoms with E-state index < -0.39 is 17.1 Å². The summed E-state index contributed by atoms with van der Waals surface area (Å²) in [5, 5.41) is 22.7. The van der Waals surface area contributed by atoms with Gasteiger partial charge in [-0.05, 0) is 42.7 Å². The first-order valence-corrected chi connectivity index (χ1v) is 13.8. The van der Waals surface area contributed by atoms with E-state index in [4.69, 9.17) is 17.3 Å². The van der Waals surface area contributed by atoms with Crippen LogP contribution in [0.5, 0.6) is 0 Å². The molecule has 0 unspecified atom stereocenters. The summed E-state index contributed by atoms with van der Waals surface area (Å²) in [4.78, 5) is 28.7. The summed E-state index contributed by atoms with van der Waals surface area (Å²) in [6, 6.07) is 13.4. The second-order valence-corrected chi connectivity index (χ2v) is 11.5. The third-order valence-electron chi connectivity index (χ3n) is 6.88. The number of nitrogens with one attached hydrogen (secondary N) is 1. The molecule has 2 aromatic carbocycles. The number of anilines is 2. The maximum absolute atomic E-state index is 14.4. The number of Topliss-reactive ketones (excluding diaryl/α,β-unsaturated/α-hetero) is 1. The molecule has 1 amide bonds. The normalized spacial score (nSPS) is 20.5. The van der Waals surface area contributed by atoms with Gasteiger partial charge in [-0.25, -0.2) is 4.39 Å². The molecule has 1 atom stereocenters. The van der Waals surface area contributed by atoms with Gasteiger partial charge in [0.2, 0.25) is 11.0 Å². The molecule has 12 heteroatoms. The number of nitriles is 1. The minimum atomic E-state index is -1.83. The summed E-state index contributed by atoms with van der Waals surface area (Å²) in [6.07, 6.45) is 1.14. The zero-order chi connectivity index (χ0) is 26.6. The van der Waals surface area contributed by atoms with Crippen LogP contribution < -0.4 is 16.0 Å². The molecular formula is C26H18ClFN6O2S2. The molecule has 3 N–H and O–H groups in total. The molecule has 3 aromatic rings. The first kappa shape index (κ1) is 24.6. The Hall–Kier alpha value is -3.72. The first-order valence-electron chi connectivity index (χ1n) is 11.6. The number of thioether (sulfide) groups is 1. The van der Waals surface area contributed by atoms with Crippen molar-refractivity contribution in [2.24, 2.45) is 5.73 Å². The number of ketones is 1. The second-order valence-electron chi connectivity index (χ2n) is 8.93. The van der Waals surface area contributed by atoms with Crippen molar-refractivity contribution in [1.29, 1.82) is 5.26 Å². The van der Waals surface area contributed by atoms with Gasteiger partial charge in [-0.2, -0.15) is 5.26 Å². The predicted molar refractivity (Wildman–Crippen MR) is 143 cm³/mol. The standard InChI is InChI=1S/C26H18ClFN6O2S2/c27-17-5-2-1-4-13(17)12-37-25-33-32-24(38-25)34-19-6-3-7-20(35)21(19)26(16(11-29)22(34)30)15-10-14(28)8-9-18(15)31-23(26)36/h1-2,4-5,8-10H,3,6-7,12,30H2,(H,31,36)/t26-/m1/s1. The minimum Gasteiger partial charge on any atom is -0.384 e. The number of fused-ring (bicyclic) bond motifs is 3. The minimum absolute atomic E-state index is 0.0352. The van der Waals surface area contributed by atoms with Crippen LogP contribution >= 0.6 is 34.7 Å². The maximum Gasteiger partial charge on any atom is 0.245 e. The Morgan fingerprint density at radius 2 is 2.05 bits per heavy atom. The quantitative estimate of drug-likeness (QED) is 0.422. The molecule has 1 aromatic heterocycles. The Balaban J connectivity index is 1.48. The molecule has 3 heterocycles. The van der Waals surface area contributed by atoms with Crippen molar-refractivity contribution in [3.05, 3.63) is 87.1 Å². The summed E-state index contributed by atoms with van der Waals surface area (Å²) in [7, 11) is 0. The first-order chi connectivity index (χ1) is 18.4. The third kappa shape index (κ3) is 3.55. The molecule has 0 bridgehead atoms. The van der Waals surface area contributed by atoms with Gasteiger partial charge in [0.1, 0.15) is 23.1 Å². The predicted octanol–water partition coefficient (Wildman–Crippen LogP) is 5.03. The van der Waals surface area contributed by atoms with E-state index in [-0.39, 0.29) is 34.7 Å². The van der Waals surface area contributed by atoms with Gasteiger partial charge in [0.25, 0.3) is 0 Å². The fourth-order valence-electron chi connectivity index (χ4n) is 5.29. The Labute approximate surface area is 230 Å². The zero-order valence-corrected chi connectivity index (χ0v) is 22.0. The van der Waals surface area contributed by atoms with E-state index in [0.29, 0.717) is 44.5 Å². The molecule has 1 spiro atoms. The van der Waals surface area contributed by atoms with Gasteiger partial charge in [0.15, 0.2) is 10.1 Å². The van der Waals surface area contributed by atoms with Crippen molar-refractivity contribution >= 4 is 57.2 Å². The Bertz CT molecular complexity index is 1640. The van der Waals surface area contributed by atoms with Gasteiger partial charge in [-0.15, -0.1) is 10.2 Å². The molecule has 190 valence electrons. The molecule has 0 saturated carbocycles. The molecule has 2 aliphatic heterocycles. The molecule has 6 rings (SSSR count). The number of nitrogens with two attached hydrogens (primary N) is 1. The van der Waals surface area contributed by atoms with Crippen molar-refractivity contribution in [2.75, 3.05) is 10.2 Å². The van der Waals surface area contributed by atoms with Crippen LogP contribution in [-0.4, -0.2) is 21.9 Å². The fourth-order valence-corrected chi connectivity index (χ4v) is 7.45. The summed E-state index contributed by atoms with van der Waals surface area (Å²) in [6.45, 7) is 0. The molecular weight excluding hydrogens is 547 g/mol. The molecule has 0 saturated heterocycles. The summed E-state index contributed by atoms with van der Waals surface area (Å²) < 4.78 is 15.1. The van der Waals surface area contributed by atoms with Crippen molar-refractivity contribution in [1.82, 2.24) is 10.2 Å². The number of carbonyl (C=O) groups is 2. The van der Waals surface area contributed by atoms with Crippen LogP contribution in [0.15, 0.2) is 69.5 Å². The van der Waals surface area contributed by atoms with E-state index in [1.807, 2.05) is 24.3 Å². The van der Waals surface area contributed by atoms with Crippen LogP contribution in [0.3, 0.4) is 0 Å². The highest BCUT2D eigenvalue weighted by molar-refractivity contribution is 8.00. The Kier molecular flexibility index (Phi) is 5.98. The molecule has 38 heavy (non-hydrogen) atoms. The average molecular weight is 565 g/mol. The Morgan fingerprint density at radius 1 is 1.24 bits per heavy atom. The van der Waals surface area contributed by atoms with Gasteiger partial charge < -0.3 is 11.1 Å². The monoisotopic (exact) mass is 564 g/mol. The zero-order valence-electron chi connectivity index (χ0n) is 19.6. The fraction of sp³-hybridized carbons (Fsp3) is 0.192. The number of nitrogens with zero attached hydrogens (tertiary/aromatic N) is 4. The number of hydrogen-bond acceptors (Lipinski definition) is 9. The van der Waals surface area contributed by atoms with Crippen LogP contribution in [0, 0.1) is 17.1 Å². The number of amides is 1. The van der Waals surface area contributed by atoms with Gasteiger partial charge >= 0.3 is 0 Å². The lowest BCUT2D eigenvalue weighted by Crippen LogP contribution is -2.50. The van der Waals surface area contributed by atoms with Crippen molar-refractivity contribution in [3.63, 3.8) is 0 Å². The van der Waals surface area contributed by atoms with Crippen molar-refractivity contribution in [3.8, 4) is 6.07 Å². The topological polar surface area (TPSA) is 125 Å². The second kappa shape index (κ2) is 9.23. The summed E-state index contributed by atoms with van der Waals surface area (Å²) in [5.74, 6) is -0.948. The number of carbonyl (C=O) groups excluding carboxylic acids is 2. The SMILES string of the molecule is N#CC1=C(N)N(c2nnc(SCc3ccccc3Cl)s2)C2=C(C(=O)CCC2)[C@]12C(=O)Nc1ccc(F)cc12. The highest BCUT2D eigenvalue weighted by Gasteiger charge is 2.60. The summed E-state index contributed by atoms with van der Waals surface area (Å²) in [5.41, 5.74) is 6.73. The maximum atomic E-state index is 14.4. The highest BCUT2D eigenvalue weighted by atomic mass is 35.5. The van der Waals surface area contributed by atoms with E-state index in [1.165, 1.54) is 41.3 Å². The lowest BCUT2D eigenvalue weighted by atomic mass is 9.64. The van der Waals surface area contributed by atoms with E-state index in [2.05, 4.69) is 21.6 Å². The molecule has 1 aliphatic carbocycles. The van der Waals surface area contributed by atoms with Crippen LogP contribution in [0.4, 0.5) is 15.2 Å². The number of halogens is 2. The third-order valence-corrected chi connectivity index (χ3v) is 9.34. The van der Waals surface area contributed by atoms with Gasteiger partial charge in [0.05, 0.1) is 5.57 Å². The van der Waals surface area contributed by atoms with Crippen molar-refractivity contribution < 1.29 is 14.0 Å². The van der Waals surface area contributed by atoms with Crippen LogP contribution in [0.1, 0.15) is 30.4 Å². The van der Waals surface area contributed by atoms with Crippen LogP contribution in [0.2, 0.25) is 5.02 Å². The summed E-state index contributed by atoms with van der Waals surface area (Å²) >= 11 is 8.97. The molecule has 0 radical (unpaired) electrons. The van der Waals surface area contributed by atoms with Crippen LogP contribution in [0.25, 0.3) is 0 Å². The molecule has 8 nitrogen and oxygen atoms in total. The van der Waals surface area contributed by atoms with Gasteiger partial charge in [0, 0.05) is 39.7 Å². The van der Waals surface area contributed by atoms with Crippen LogP contribution in [-0.2, 0) is 20.8 Å². The van der Waals surface area contributed by atoms with E-state index in [0.717, 1.165) is 5.56 Å². The molecule has 3 aliphatic rings. The highest BCUT2D eigenvalue weighted by Crippen LogP contribution is 2.55. The number of hydrogen-bond donors (Lipinski definition) is 2. The average Bonchev–Trinajstić information content (AvgIpc) is 3.47. The smallest absolute Gasteiger partial charge is 0.245 e. The molecule has 0 fully saturated rings. The largest absolute Gasteiger partial charge is 0.384 e. The van der Waals surface area contributed by atoms with E-state index >= 15 is 0 Å². The van der Waals surface area contributed by atoms with Gasteiger partial charge in [-0.1, -0.05) is 52.9 Å². The van der Waals surface area contributed by atoms with Gasteiger partial charge in [-0.3, -0.25) is 14.5 Å². The van der Waals surface area contributed by atoms with E-state index in [1.54, 1.807) is 4.90 Å². The number of benzene rings is 2. The number of aromatic nitrogens is 2. The number of allylic oxidation sites excluding steroid dienone is 1. The lowest BCUT2D eigenvalue weighted by Gasteiger charge is -2.42.